The fraction of sp³-hybridized carbons (Fsp3) is 0.750. The summed E-state index contributed by atoms with van der Waals surface area (Å²) in [6, 6.07) is 0. The van der Waals surface area contributed by atoms with Gasteiger partial charge in [-0.05, 0) is 25.6 Å². The molecule has 6 heteroatoms. The SMILES string of the molecule is CCCC(O)C(=O)O.CCNC(N)=S. The molecule has 0 aliphatic carbocycles. The van der Waals surface area contributed by atoms with Crippen LogP contribution in [0.3, 0.4) is 0 Å². The summed E-state index contributed by atoms with van der Waals surface area (Å²) in [6.07, 6.45) is -0.122. The lowest BCUT2D eigenvalue weighted by atomic mass is 10.2. The minimum absolute atomic E-state index is 0.343. The first-order valence-corrected chi connectivity index (χ1v) is 4.80. The van der Waals surface area contributed by atoms with Gasteiger partial charge >= 0.3 is 5.97 Å². The molecule has 1 atom stereocenters. The molecule has 0 aromatic heterocycles. The van der Waals surface area contributed by atoms with Crippen molar-refractivity contribution in [3.63, 3.8) is 0 Å². The normalized spacial score (nSPS) is 10.8. The van der Waals surface area contributed by atoms with Crippen molar-refractivity contribution in [2.45, 2.75) is 32.8 Å². The summed E-state index contributed by atoms with van der Waals surface area (Å²) in [5.74, 6) is -1.13. The van der Waals surface area contributed by atoms with E-state index < -0.39 is 12.1 Å². The smallest absolute Gasteiger partial charge is 0.332 e. The van der Waals surface area contributed by atoms with Gasteiger partial charge < -0.3 is 21.3 Å². The first-order chi connectivity index (χ1) is 6.45. The third-order valence-corrected chi connectivity index (χ3v) is 1.34. The van der Waals surface area contributed by atoms with E-state index in [-0.39, 0.29) is 0 Å². The second kappa shape index (κ2) is 10.2. The minimum atomic E-state index is -1.17. The molecule has 5 nitrogen and oxygen atoms in total. The summed E-state index contributed by atoms with van der Waals surface area (Å²) >= 11 is 4.46. The largest absolute Gasteiger partial charge is 0.479 e. The summed E-state index contributed by atoms with van der Waals surface area (Å²) < 4.78 is 0. The third kappa shape index (κ3) is 13.7. The predicted molar refractivity (Wildman–Crippen MR) is 59.0 cm³/mol. The molecule has 0 aromatic carbocycles. The van der Waals surface area contributed by atoms with E-state index in [1.807, 2.05) is 13.8 Å². The molecule has 0 amide bonds. The number of thiocarbonyl (C=S) groups is 1. The van der Waals surface area contributed by atoms with Crippen LogP contribution < -0.4 is 11.1 Å². The number of rotatable bonds is 4. The standard InChI is InChI=1S/C5H10O3.C3H8N2S/c1-2-3-4(6)5(7)8;1-2-5-3(4)6/h4,6H,2-3H2,1H3,(H,7,8);2H2,1H3,(H3,4,5,6). The summed E-state index contributed by atoms with van der Waals surface area (Å²) in [4.78, 5) is 9.84. The van der Waals surface area contributed by atoms with Crippen LogP contribution in [0.2, 0.25) is 0 Å². The maximum atomic E-state index is 9.84. The quantitative estimate of drug-likeness (QED) is 0.503. The average molecular weight is 222 g/mol. The number of carboxylic acids is 1. The van der Waals surface area contributed by atoms with Crippen molar-refractivity contribution >= 4 is 23.3 Å². The van der Waals surface area contributed by atoms with Crippen LogP contribution in [0.4, 0.5) is 0 Å². The van der Waals surface area contributed by atoms with E-state index in [0.29, 0.717) is 18.0 Å². The Kier molecular flexibility index (Phi) is 11.4. The van der Waals surface area contributed by atoms with Gasteiger partial charge in [-0.3, -0.25) is 0 Å². The Morgan fingerprint density at radius 1 is 1.57 bits per heavy atom. The van der Waals surface area contributed by atoms with E-state index in [1.54, 1.807) is 0 Å². The van der Waals surface area contributed by atoms with Gasteiger partial charge in [-0.15, -0.1) is 0 Å². The first kappa shape index (κ1) is 15.6. The van der Waals surface area contributed by atoms with E-state index in [1.165, 1.54) is 0 Å². The zero-order valence-electron chi connectivity index (χ0n) is 8.49. The molecule has 0 bridgehead atoms. The molecule has 0 radical (unpaired) electrons. The Labute approximate surface area is 89.3 Å². The highest BCUT2D eigenvalue weighted by atomic mass is 32.1. The van der Waals surface area contributed by atoms with Crippen LogP contribution in [0.5, 0.6) is 0 Å². The molecule has 0 aromatic rings. The van der Waals surface area contributed by atoms with Gasteiger partial charge in [0.05, 0.1) is 0 Å². The van der Waals surface area contributed by atoms with E-state index in [2.05, 4.69) is 17.5 Å². The lowest BCUT2D eigenvalue weighted by Gasteiger charge is -1.99. The highest BCUT2D eigenvalue weighted by molar-refractivity contribution is 7.80. The summed E-state index contributed by atoms with van der Waals surface area (Å²) in [6.45, 7) is 4.58. The molecule has 0 saturated carbocycles. The fourth-order valence-electron chi connectivity index (χ4n) is 0.571. The molecule has 0 spiro atoms. The van der Waals surface area contributed by atoms with Crippen molar-refractivity contribution in [2.24, 2.45) is 5.73 Å². The van der Waals surface area contributed by atoms with Crippen LogP contribution in [-0.4, -0.2) is 33.9 Å². The van der Waals surface area contributed by atoms with Crippen LogP contribution in [-0.2, 0) is 4.79 Å². The van der Waals surface area contributed by atoms with Crippen LogP contribution >= 0.6 is 12.2 Å². The number of carboxylic acid groups (broad SMARTS) is 1. The highest BCUT2D eigenvalue weighted by Gasteiger charge is 2.09. The number of aliphatic hydroxyl groups is 1. The minimum Gasteiger partial charge on any atom is -0.479 e. The zero-order valence-corrected chi connectivity index (χ0v) is 9.30. The van der Waals surface area contributed by atoms with E-state index in [9.17, 15) is 4.79 Å². The van der Waals surface area contributed by atoms with Gasteiger partial charge in [-0.1, -0.05) is 13.3 Å². The Morgan fingerprint density at radius 3 is 2.14 bits per heavy atom. The number of hydrogen-bond acceptors (Lipinski definition) is 3. The van der Waals surface area contributed by atoms with Gasteiger partial charge in [0.1, 0.15) is 0 Å². The number of aliphatic hydroxyl groups excluding tert-OH is 1. The van der Waals surface area contributed by atoms with Crippen molar-refractivity contribution in [1.29, 1.82) is 0 Å². The number of aliphatic carboxylic acids is 1. The monoisotopic (exact) mass is 222 g/mol. The predicted octanol–water partition coefficient (Wildman–Crippen LogP) is 0.0715. The van der Waals surface area contributed by atoms with Gasteiger partial charge in [-0.25, -0.2) is 4.79 Å². The Hall–Kier alpha value is -0.880. The number of nitrogens with one attached hydrogen (secondary N) is 1. The second-order valence-electron chi connectivity index (χ2n) is 2.54. The van der Waals surface area contributed by atoms with Gasteiger partial charge in [-0.2, -0.15) is 0 Å². The van der Waals surface area contributed by atoms with Crippen molar-refractivity contribution in [3.8, 4) is 0 Å². The molecule has 0 fully saturated rings. The van der Waals surface area contributed by atoms with Crippen LogP contribution in [0.15, 0.2) is 0 Å². The third-order valence-electron chi connectivity index (χ3n) is 1.20. The van der Waals surface area contributed by atoms with Crippen molar-refractivity contribution in [2.75, 3.05) is 6.54 Å². The molecule has 1 unspecified atom stereocenters. The molecular formula is C8H18N2O3S. The summed E-state index contributed by atoms with van der Waals surface area (Å²) in [5.41, 5.74) is 5.02. The summed E-state index contributed by atoms with van der Waals surface area (Å²) in [7, 11) is 0. The Balaban J connectivity index is 0. The lowest BCUT2D eigenvalue weighted by molar-refractivity contribution is -0.146. The molecule has 0 saturated heterocycles. The van der Waals surface area contributed by atoms with Crippen LogP contribution in [0.1, 0.15) is 26.7 Å². The molecule has 84 valence electrons. The van der Waals surface area contributed by atoms with E-state index in [4.69, 9.17) is 15.9 Å². The maximum absolute atomic E-state index is 9.84. The Morgan fingerprint density at radius 2 is 2.07 bits per heavy atom. The number of hydrogen-bond donors (Lipinski definition) is 4. The molecular weight excluding hydrogens is 204 g/mol. The van der Waals surface area contributed by atoms with Gasteiger partial charge in [0.25, 0.3) is 0 Å². The Bertz CT molecular complexity index is 176. The number of carbonyl (C=O) groups is 1. The van der Waals surface area contributed by atoms with Crippen molar-refractivity contribution < 1.29 is 15.0 Å². The van der Waals surface area contributed by atoms with E-state index >= 15 is 0 Å². The molecule has 0 aliphatic heterocycles. The second-order valence-corrected chi connectivity index (χ2v) is 2.98. The molecule has 14 heavy (non-hydrogen) atoms. The number of nitrogens with two attached hydrogens (primary N) is 1. The molecule has 0 aliphatic rings. The molecule has 0 rings (SSSR count). The highest BCUT2D eigenvalue weighted by Crippen LogP contribution is 1.94. The fourth-order valence-corrected chi connectivity index (χ4v) is 0.715. The van der Waals surface area contributed by atoms with Crippen LogP contribution in [0.25, 0.3) is 0 Å². The van der Waals surface area contributed by atoms with E-state index in [0.717, 1.165) is 6.54 Å². The van der Waals surface area contributed by atoms with Crippen LogP contribution in [0, 0.1) is 0 Å². The molecule has 0 heterocycles. The lowest BCUT2D eigenvalue weighted by Crippen LogP contribution is -2.28. The molecule has 5 N–H and O–H groups in total. The van der Waals surface area contributed by atoms with Gasteiger partial charge in [0.15, 0.2) is 11.2 Å². The maximum Gasteiger partial charge on any atom is 0.332 e. The summed E-state index contributed by atoms with van der Waals surface area (Å²) in [5, 5.41) is 19.7. The van der Waals surface area contributed by atoms with Gasteiger partial charge in [0.2, 0.25) is 0 Å². The van der Waals surface area contributed by atoms with Crippen molar-refractivity contribution in [1.82, 2.24) is 5.32 Å². The zero-order chi connectivity index (χ0) is 11.6. The average Bonchev–Trinajstić information content (AvgIpc) is 2.05. The first-order valence-electron chi connectivity index (χ1n) is 4.39. The van der Waals surface area contributed by atoms with Gasteiger partial charge in [0, 0.05) is 6.54 Å². The van der Waals surface area contributed by atoms with Crippen molar-refractivity contribution in [3.05, 3.63) is 0 Å². The topological polar surface area (TPSA) is 95.6 Å².